The molecule has 0 aliphatic heterocycles. The summed E-state index contributed by atoms with van der Waals surface area (Å²) in [6.07, 6.45) is 11.2. The van der Waals surface area contributed by atoms with Crippen LogP contribution >= 0.6 is 0 Å². The van der Waals surface area contributed by atoms with Crippen LogP contribution in [0.2, 0.25) is 0 Å². The molecule has 1 heterocycles. The summed E-state index contributed by atoms with van der Waals surface area (Å²) >= 11 is 0. The maximum Gasteiger partial charge on any atom is 0.0492 e. The molecule has 102 valence electrons. The fourth-order valence-corrected chi connectivity index (χ4v) is 3.09. The zero-order chi connectivity index (χ0) is 12.8. The van der Waals surface area contributed by atoms with Crippen molar-refractivity contribution in [2.24, 2.45) is 13.0 Å². The Hall–Kier alpha value is -0.830. The van der Waals surface area contributed by atoms with E-state index >= 15 is 0 Å². The Kier molecular flexibility index (Phi) is 5.24. The van der Waals surface area contributed by atoms with E-state index in [1.54, 1.807) is 0 Å². The van der Waals surface area contributed by atoms with Crippen LogP contribution in [-0.4, -0.2) is 22.4 Å². The van der Waals surface area contributed by atoms with Crippen LogP contribution in [0.3, 0.4) is 0 Å². The summed E-state index contributed by atoms with van der Waals surface area (Å²) in [6.45, 7) is 3.43. The van der Waals surface area contributed by atoms with E-state index in [4.69, 9.17) is 0 Å². The smallest absolute Gasteiger partial charge is 0.0492 e. The van der Waals surface area contributed by atoms with Gasteiger partial charge in [0, 0.05) is 25.0 Å². The summed E-state index contributed by atoms with van der Waals surface area (Å²) in [6, 6.07) is 2.92. The second-order valence-corrected chi connectivity index (χ2v) is 5.67. The number of aryl methyl sites for hydroxylation is 2. The Morgan fingerprint density at radius 2 is 2.33 bits per heavy atom. The van der Waals surface area contributed by atoms with Gasteiger partial charge >= 0.3 is 0 Å². The summed E-state index contributed by atoms with van der Waals surface area (Å²) < 4.78 is 2.01. The quantitative estimate of drug-likeness (QED) is 0.840. The molecule has 1 fully saturated rings. The Morgan fingerprint density at radius 1 is 1.44 bits per heavy atom. The number of hydrogen-bond acceptors (Lipinski definition) is 2. The van der Waals surface area contributed by atoms with Gasteiger partial charge in [0.25, 0.3) is 0 Å². The van der Waals surface area contributed by atoms with Crippen LogP contribution in [0.15, 0.2) is 12.3 Å². The van der Waals surface area contributed by atoms with E-state index in [1.807, 2.05) is 17.9 Å². The highest BCUT2D eigenvalue weighted by Gasteiger charge is 2.21. The number of nitrogens with zero attached hydrogens (tertiary/aromatic N) is 2. The Balaban J connectivity index is 1.74. The van der Waals surface area contributed by atoms with Crippen LogP contribution in [0.25, 0.3) is 0 Å². The molecule has 3 nitrogen and oxygen atoms in total. The van der Waals surface area contributed by atoms with Crippen molar-refractivity contribution in [3.05, 3.63) is 18.0 Å². The molecule has 0 spiro atoms. The molecule has 18 heavy (non-hydrogen) atoms. The largest absolute Gasteiger partial charge is 0.314 e. The molecule has 0 radical (unpaired) electrons. The molecule has 1 aromatic rings. The summed E-state index contributed by atoms with van der Waals surface area (Å²) in [5.41, 5.74) is 1.37. The van der Waals surface area contributed by atoms with E-state index < -0.39 is 0 Å². The lowest BCUT2D eigenvalue weighted by Crippen LogP contribution is -2.34. The van der Waals surface area contributed by atoms with E-state index in [9.17, 15) is 0 Å². The first kappa shape index (κ1) is 13.6. The second-order valence-electron chi connectivity index (χ2n) is 5.67. The number of hydrogen-bond donors (Lipinski definition) is 1. The molecule has 0 aromatic carbocycles. The monoisotopic (exact) mass is 249 g/mol. The van der Waals surface area contributed by atoms with Gasteiger partial charge in [-0.3, -0.25) is 4.68 Å². The van der Waals surface area contributed by atoms with E-state index in [0.29, 0.717) is 0 Å². The molecule has 0 amide bonds. The predicted octanol–water partition coefficient (Wildman–Crippen LogP) is 2.91. The Labute approximate surface area is 111 Å². The van der Waals surface area contributed by atoms with Gasteiger partial charge in [-0.1, -0.05) is 19.8 Å². The molecule has 1 aliphatic rings. The Morgan fingerprint density at radius 3 is 3.06 bits per heavy atom. The van der Waals surface area contributed by atoms with Crippen LogP contribution in [0, 0.1) is 5.92 Å². The molecular formula is C15H27N3. The topological polar surface area (TPSA) is 29.9 Å². The fourth-order valence-electron chi connectivity index (χ4n) is 3.09. The van der Waals surface area contributed by atoms with Gasteiger partial charge < -0.3 is 5.32 Å². The van der Waals surface area contributed by atoms with Crippen molar-refractivity contribution in [2.75, 3.05) is 6.54 Å². The molecule has 1 aromatic heterocycles. The Bertz CT molecular complexity index is 345. The zero-order valence-electron chi connectivity index (χ0n) is 11.9. The molecular weight excluding hydrogens is 222 g/mol. The van der Waals surface area contributed by atoms with Crippen LogP contribution in [0.4, 0.5) is 0 Å². The van der Waals surface area contributed by atoms with Crippen molar-refractivity contribution >= 4 is 0 Å². The van der Waals surface area contributed by atoms with E-state index in [0.717, 1.165) is 12.0 Å². The normalized spacial score (nSPS) is 24.3. The molecule has 2 rings (SSSR count). The standard InChI is InChI=1S/C15H27N3/c1-3-10-16-14-6-4-5-13(12-14)7-8-15-9-11-17-18(15)2/h9,11,13-14,16H,3-8,10,12H2,1-2H3. The number of aromatic nitrogens is 2. The van der Waals surface area contributed by atoms with Gasteiger partial charge in [-0.15, -0.1) is 0 Å². The van der Waals surface area contributed by atoms with E-state index in [2.05, 4.69) is 23.4 Å². The van der Waals surface area contributed by atoms with Crippen molar-refractivity contribution in [3.63, 3.8) is 0 Å². The molecule has 2 unspecified atom stereocenters. The molecule has 2 atom stereocenters. The van der Waals surface area contributed by atoms with Gasteiger partial charge in [-0.05, 0) is 50.6 Å². The fraction of sp³-hybridized carbons (Fsp3) is 0.800. The van der Waals surface area contributed by atoms with E-state index in [-0.39, 0.29) is 0 Å². The summed E-state index contributed by atoms with van der Waals surface area (Å²) in [7, 11) is 2.04. The van der Waals surface area contributed by atoms with Gasteiger partial charge in [0.1, 0.15) is 0 Å². The SMILES string of the molecule is CCCNC1CCCC(CCc2ccnn2C)C1. The average molecular weight is 249 g/mol. The highest BCUT2D eigenvalue weighted by Crippen LogP contribution is 2.28. The van der Waals surface area contributed by atoms with Crippen molar-refractivity contribution in [1.29, 1.82) is 0 Å². The molecule has 1 N–H and O–H groups in total. The van der Waals surface area contributed by atoms with Gasteiger partial charge in [-0.25, -0.2) is 0 Å². The second kappa shape index (κ2) is 6.93. The average Bonchev–Trinajstić information content (AvgIpc) is 2.80. The molecule has 1 saturated carbocycles. The summed E-state index contributed by atoms with van der Waals surface area (Å²) in [5, 5.41) is 7.93. The molecule has 0 saturated heterocycles. The van der Waals surface area contributed by atoms with Crippen molar-refractivity contribution in [2.45, 2.75) is 57.9 Å². The zero-order valence-corrected chi connectivity index (χ0v) is 11.9. The number of rotatable bonds is 6. The highest BCUT2D eigenvalue weighted by molar-refractivity contribution is 5.00. The minimum atomic E-state index is 0.773. The maximum absolute atomic E-state index is 4.24. The third-order valence-corrected chi connectivity index (χ3v) is 4.20. The van der Waals surface area contributed by atoms with E-state index in [1.165, 1.54) is 57.2 Å². The molecule has 0 bridgehead atoms. The first-order chi connectivity index (χ1) is 8.79. The summed E-state index contributed by atoms with van der Waals surface area (Å²) in [4.78, 5) is 0. The minimum Gasteiger partial charge on any atom is -0.314 e. The van der Waals surface area contributed by atoms with Crippen molar-refractivity contribution < 1.29 is 0 Å². The third kappa shape index (κ3) is 3.84. The highest BCUT2D eigenvalue weighted by atomic mass is 15.2. The van der Waals surface area contributed by atoms with Gasteiger partial charge in [0.15, 0.2) is 0 Å². The van der Waals surface area contributed by atoms with Crippen molar-refractivity contribution in [1.82, 2.24) is 15.1 Å². The first-order valence-corrected chi connectivity index (χ1v) is 7.50. The van der Waals surface area contributed by atoms with Gasteiger partial charge in [0.2, 0.25) is 0 Å². The van der Waals surface area contributed by atoms with Crippen LogP contribution < -0.4 is 5.32 Å². The van der Waals surface area contributed by atoms with Gasteiger partial charge in [0.05, 0.1) is 0 Å². The minimum absolute atomic E-state index is 0.773. The van der Waals surface area contributed by atoms with Crippen LogP contribution in [0.5, 0.6) is 0 Å². The van der Waals surface area contributed by atoms with Crippen LogP contribution in [0.1, 0.15) is 51.1 Å². The molecule has 1 aliphatic carbocycles. The lowest BCUT2D eigenvalue weighted by Gasteiger charge is -2.30. The van der Waals surface area contributed by atoms with Gasteiger partial charge in [-0.2, -0.15) is 5.10 Å². The first-order valence-electron chi connectivity index (χ1n) is 7.50. The summed E-state index contributed by atoms with van der Waals surface area (Å²) in [5.74, 6) is 0.906. The maximum atomic E-state index is 4.24. The van der Waals surface area contributed by atoms with Crippen LogP contribution in [-0.2, 0) is 13.5 Å². The lowest BCUT2D eigenvalue weighted by molar-refractivity contribution is 0.272. The lowest BCUT2D eigenvalue weighted by atomic mass is 9.82. The third-order valence-electron chi connectivity index (χ3n) is 4.20. The number of nitrogens with one attached hydrogen (secondary N) is 1. The van der Waals surface area contributed by atoms with Crippen molar-refractivity contribution in [3.8, 4) is 0 Å². The predicted molar refractivity (Wildman–Crippen MR) is 75.6 cm³/mol. The molecule has 3 heteroatoms.